The molecule has 1 N–H and O–H groups in total. The molecule has 3 aromatic carbocycles. The molecule has 0 unspecified atom stereocenters. The van der Waals surface area contributed by atoms with Gasteiger partial charge in [0.15, 0.2) is 0 Å². The van der Waals surface area contributed by atoms with Gasteiger partial charge in [0, 0.05) is 21.1 Å². The van der Waals surface area contributed by atoms with Crippen LogP contribution in [0.3, 0.4) is 0 Å². The van der Waals surface area contributed by atoms with E-state index in [-0.39, 0.29) is 25.3 Å². The van der Waals surface area contributed by atoms with Crippen LogP contribution in [0, 0.1) is 0 Å². The second kappa shape index (κ2) is 16.1. The summed E-state index contributed by atoms with van der Waals surface area (Å²) in [6.45, 7) is 2.53. The van der Waals surface area contributed by atoms with Crippen molar-refractivity contribution < 1.29 is 37.4 Å². The summed E-state index contributed by atoms with van der Waals surface area (Å²) in [7, 11) is -0.872. The van der Waals surface area contributed by atoms with Gasteiger partial charge in [-0.1, -0.05) is 91.0 Å². The van der Waals surface area contributed by atoms with Gasteiger partial charge < -0.3 is 33.3 Å². The zero-order chi connectivity index (χ0) is 29.8. The molecular weight excluding hydrogens is 557 g/mol. The predicted molar refractivity (Wildman–Crippen MR) is 159 cm³/mol. The molecule has 4 rings (SSSR count). The molecule has 1 aliphatic heterocycles. The highest BCUT2D eigenvalue weighted by atomic mass is 31.2. The van der Waals surface area contributed by atoms with Gasteiger partial charge >= 0.3 is 7.60 Å². The molecule has 1 aliphatic rings. The van der Waals surface area contributed by atoms with Gasteiger partial charge in [-0.25, -0.2) is 0 Å². The average molecular weight is 598 g/mol. The molecule has 5 atom stereocenters. The zero-order valence-corrected chi connectivity index (χ0v) is 25.2. The van der Waals surface area contributed by atoms with E-state index in [2.05, 4.69) is 5.32 Å². The zero-order valence-electron chi connectivity index (χ0n) is 24.3. The third-order valence-electron chi connectivity index (χ3n) is 7.09. The van der Waals surface area contributed by atoms with Crippen LogP contribution in [0.2, 0.25) is 0 Å². The molecule has 3 aromatic rings. The van der Waals surface area contributed by atoms with Gasteiger partial charge in [-0.15, -0.1) is 0 Å². The molecule has 9 nitrogen and oxygen atoms in total. The molecule has 1 fully saturated rings. The van der Waals surface area contributed by atoms with Gasteiger partial charge in [-0.2, -0.15) is 0 Å². The number of carbonyl (C=O) groups is 1. The van der Waals surface area contributed by atoms with Crippen molar-refractivity contribution in [3.05, 3.63) is 108 Å². The number of rotatable bonds is 15. The average Bonchev–Trinajstić information content (AvgIpc) is 3.02. The molecule has 0 spiro atoms. The SMILES string of the molecule is COP(=O)(C[C@H]1O[C@H](COCc2ccccc2)[C@@H](OCc2ccccc2)[C@H](OCc2ccccc2)[C@@H]1NC(C)=O)OC. The summed E-state index contributed by atoms with van der Waals surface area (Å²) < 4.78 is 49.5. The lowest BCUT2D eigenvalue weighted by atomic mass is 9.92. The van der Waals surface area contributed by atoms with Gasteiger partial charge in [-0.05, 0) is 16.7 Å². The Bertz CT molecular complexity index is 1260. The Balaban J connectivity index is 1.65. The number of benzene rings is 3. The molecule has 1 amide bonds. The summed E-state index contributed by atoms with van der Waals surface area (Å²) in [5.41, 5.74) is 2.95. The first-order valence-corrected chi connectivity index (χ1v) is 15.7. The van der Waals surface area contributed by atoms with E-state index in [1.54, 1.807) is 0 Å². The smallest absolute Gasteiger partial charge is 0.332 e. The fourth-order valence-corrected chi connectivity index (χ4v) is 6.16. The van der Waals surface area contributed by atoms with Crippen molar-refractivity contribution in [3.8, 4) is 0 Å². The van der Waals surface area contributed by atoms with Crippen LogP contribution in [-0.4, -0.2) is 63.4 Å². The number of amides is 1. The summed E-state index contributed by atoms with van der Waals surface area (Å²) in [4.78, 5) is 12.5. The molecule has 1 heterocycles. The van der Waals surface area contributed by atoms with E-state index in [0.717, 1.165) is 16.7 Å². The van der Waals surface area contributed by atoms with E-state index in [9.17, 15) is 9.36 Å². The third-order valence-corrected chi connectivity index (χ3v) is 9.01. The number of nitrogens with one attached hydrogen (secondary N) is 1. The fraction of sp³-hybridized carbons (Fsp3) is 0.406. The van der Waals surface area contributed by atoms with E-state index >= 15 is 0 Å². The fourth-order valence-electron chi connectivity index (χ4n) is 4.96. The maximum absolute atomic E-state index is 13.3. The Morgan fingerprint density at radius 3 is 1.69 bits per heavy atom. The molecule has 0 aliphatic carbocycles. The van der Waals surface area contributed by atoms with E-state index in [1.165, 1.54) is 21.1 Å². The van der Waals surface area contributed by atoms with Crippen LogP contribution in [-0.2, 0) is 57.2 Å². The minimum atomic E-state index is -3.53. The van der Waals surface area contributed by atoms with Crippen LogP contribution in [0.1, 0.15) is 23.6 Å². The maximum atomic E-state index is 13.3. The maximum Gasteiger partial charge on any atom is 0.332 e. The van der Waals surface area contributed by atoms with Gasteiger partial charge in [0.1, 0.15) is 18.3 Å². The highest BCUT2D eigenvalue weighted by Gasteiger charge is 2.50. The van der Waals surface area contributed by atoms with Crippen LogP contribution >= 0.6 is 7.60 Å². The Hall–Kier alpha value is -2.88. The van der Waals surface area contributed by atoms with Crippen LogP contribution in [0.15, 0.2) is 91.0 Å². The van der Waals surface area contributed by atoms with Crippen molar-refractivity contribution in [3.63, 3.8) is 0 Å². The van der Waals surface area contributed by atoms with Crippen molar-refractivity contribution >= 4 is 13.5 Å². The molecule has 10 heteroatoms. The minimum absolute atomic E-state index is 0.100. The summed E-state index contributed by atoms with van der Waals surface area (Å²) in [5.74, 6) is -0.285. The first kappa shape index (κ1) is 32.0. The summed E-state index contributed by atoms with van der Waals surface area (Å²) in [5, 5.41) is 2.98. The van der Waals surface area contributed by atoms with E-state index < -0.39 is 38.1 Å². The molecule has 0 radical (unpaired) electrons. The van der Waals surface area contributed by atoms with E-state index in [0.29, 0.717) is 13.2 Å². The topological polar surface area (TPSA) is 102 Å². The minimum Gasteiger partial charge on any atom is -0.374 e. The molecule has 0 aromatic heterocycles. The lowest BCUT2D eigenvalue weighted by Crippen LogP contribution is -2.66. The van der Waals surface area contributed by atoms with Crippen LogP contribution in [0.4, 0.5) is 0 Å². The third kappa shape index (κ3) is 9.31. The van der Waals surface area contributed by atoms with Gasteiger partial charge in [0.2, 0.25) is 5.91 Å². The quantitative estimate of drug-likeness (QED) is 0.241. The van der Waals surface area contributed by atoms with Gasteiger partial charge in [0.05, 0.1) is 44.7 Å². The van der Waals surface area contributed by atoms with Crippen LogP contribution < -0.4 is 5.32 Å². The second-order valence-corrected chi connectivity index (χ2v) is 12.4. The number of carbonyl (C=O) groups excluding carboxylic acids is 1. The first-order chi connectivity index (χ1) is 20.4. The predicted octanol–water partition coefficient (Wildman–Crippen LogP) is 5.13. The Morgan fingerprint density at radius 1 is 0.738 bits per heavy atom. The molecule has 0 saturated carbocycles. The Labute approximate surface area is 248 Å². The molecule has 42 heavy (non-hydrogen) atoms. The molecule has 226 valence electrons. The Morgan fingerprint density at radius 2 is 1.21 bits per heavy atom. The van der Waals surface area contributed by atoms with Crippen molar-refractivity contribution in [2.45, 2.75) is 57.2 Å². The standard InChI is InChI=1S/C32H40NO8P/c1-24(34)33-30-29(23-42(35,36-2)37-3)41-28(22-38-19-25-13-7-4-8-14-25)31(39-20-26-15-9-5-10-16-26)32(30)40-21-27-17-11-6-12-18-27/h4-18,28-32H,19-23H2,1-3H3,(H,33,34)/t28-,29-,30-,31-,32-/m1/s1. The van der Waals surface area contributed by atoms with Crippen LogP contribution in [0.5, 0.6) is 0 Å². The van der Waals surface area contributed by atoms with Crippen molar-refractivity contribution in [1.29, 1.82) is 0 Å². The number of hydrogen-bond acceptors (Lipinski definition) is 8. The highest BCUT2D eigenvalue weighted by molar-refractivity contribution is 7.53. The highest BCUT2D eigenvalue weighted by Crippen LogP contribution is 2.48. The van der Waals surface area contributed by atoms with Crippen molar-refractivity contribution in [1.82, 2.24) is 5.32 Å². The first-order valence-electron chi connectivity index (χ1n) is 14.0. The normalized spacial score (nSPS) is 22.5. The lowest BCUT2D eigenvalue weighted by Gasteiger charge is -2.47. The van der Waals surface area contributed by atoms with E-state index in [4.69, 9.17) is 28.0 Å². The van der Waals surface area contributed by atoms with Crippen molar-refractivity contribution in [2.24, 2.45) is 0 Å². The summed E-state index contributed by atoms with van der Waals surface area (Å²) in [6.07, 6.45) is -2.81. The van der Waals surface area contributed by atoms with Gasteiger partial charge in [0.25, 0.3) is 0 Å². The lowest BCUT2D eigenvalue weighted by molar-refractivity contribution is -0.228. The largest absolute Gasteiger partial charge is 0.374 e. The second-order valence-electron chi connectivity index (χ2n) is 10.1. The summed E-state index contributed by atoms with van der Waals surface area (Å²) in [6, 6.07) is 28.7. The number of ether oxygens (including phenoxy) is 4. The van der Waals surface area contributed by atoms with E-state index in [1.807, 2.05) is 91.0 Å². The van der Waals surface area contributed by atoms with Crippen molar-refractivity contribution in [2.75, 3.05) is 27.0 Å². The Kier molecular flexibility index (Phi) is 12.3. The molecule has 0 bridgehead atoms. The van der Waals surface area contributed by atoms with Gasteiger partial charge in [-0.3, -0.25) is 9.36 Å². The van der Waals surface area contributed by atoms with Crippen LogP contribution in [0.25, 0.3) is 0 Å². The summed E-state index contributed by atoms with van der Waals surface area (Å²) >= 11 is 0. The monoisotopic (exact) mass is 597 g/mol. The molecular formula is C32H40NO8P. The molecule has 1 saturated heterocycles. The number of hydrogen-bond donors (Lipinski definition) is 1.